The minimum absolute atomic E-state index is 0. The minimum Gasteiger partial charge on any atom is -0.369 e. The van der Waals surface area contributed by atoms with Gasteiger partial charge in [0.05, 0.1) is 0 Å². The molecular formula is C19H24FIN4. The van der Waals surface area contributed by atoms with Crippen LogP contribution in [0.5, 0.6) is 0 Å². The van der Waals surface area contributed by atoms with Crippen molar-refractivity contribution in [3.63, 3.8) is 0 Å². The number of hydrogen-bond acceptors (Lipinski definition) is 2. The highest BCUT2D eigenvalue weighted by atomic mass is 127. The van der Waals surface area contributed by atoms with E-state index in [2.05, 4.69) is 44.8 Å². The van der Waals surface area contributed by atoms with E-state index >= 15 is 0 Å². The summed E-state index contributed by atoms with van der Waals surface area (Å²) in [4.78, 5) is 6.61. The van der Waals surface area contributed by atoms with Crippen molar-refractivity contribution < 1.29 is 4.39 Å². The van der Waals surface area contributed by atoms with Gasteiger partial charge >= 0.3 is 0 Å². The molecule has 0 radical (unpaired) electrons. The number of para-hydroxylation sites is 1. The highest BCUT2D eigenvalue weighted by Crippen LogP contribution is 2.19. The van der Waals surface area contributed by atoms with Gasteiger partial charge in [-0.15, -0.1) is 24.0 Å². The van der Waals surface area contributed by atoms with Crippen molar-refractivity contribution in [2.75, 3.05) is 25.0 Å². The summed E-state index contributed by atoms with van der Waals surface area (Å²) >= 11 is 0. The first-order chi connectivity index (χ1) is 11.8. The van der Waals surface area contributed by atoms with Gasteiger partial charge in [0, 0.05) is 44.0 Å². The molecule has 0 amide bonds. The molecule has 1 aliphatic rings. The number of rotatable bonds is 4. The lowest BCUT2D eigenvalue weighted by Crippen LogP contribution is -2.44. The third kappa shape index (κ3) is 5.32. The first-order valence-electron chi connectivity index (χ1n) is 8.27. The van der Waals surface area contributed by atoms with Crippen molar-refractivity contribution in [3.8, 4) is 0 Å². The van der Waals surface area contributed by atoms with Gasteiger partial charge < -0.3 is 15.5 Å². The Morgan fingerprint density at radius 3 is 2.60 bits per heavy atom. The van der Waals surface area contributed by atoms with Crippen molar-refractivity contribution in [2.45, 2.75) is 19.0 Å². The molecule has 6 heteroatoms. The van der Waals surface area contributed by atoms with Crippen LogP contribution in [0, 0.1) is 5.82 Å². The average Bonchev–Trinajstić information content (AvgIpc) is 3.09. The second-order valence-corrected chi connectivity index (χ2v) is 5.93. The fraction of sp³-hybridized carbons (Fsp3) is 0.316. The van der Waals surface area contributed by atoms with Gasteiger partial charge in [-0.05, 0) is 24.6 Å². The summed E-state index contributed by atoms with van der Waals surface area (Å²) in [7, 11) is 1.74. The highest BCUT2D eigenvalue weighted by Gasteiger charge is 2.23. The summed E-state index contributed by atoms with van der Waals surface area (Å²) in [6, 6.07) is 17.5. The molecule has 4 nitrogen and oxygen atoms in total. The third-order valence-electron chi connectivity index (χ3n) is 4.28. The maximum absolute atomic E-state index is 13.7. The molecule has 1 atom stereocenters. The maximum Gasteiger partial charge on any atom is 0.191 e. The summed E-state index contributed by atoms with van der Waals surface area (Å²) in [6.45, 7) is 2.37. The number of guanidine groups is 1. The van der Waals surface area contributed by atoms with Gasteiger partial charge in [-0.1, -0.05) is 36.4 Å². The molecule has 1 aliphatic heterocycles. The van der Waals surface area contributed by atoms with E-state index < -0.39 is 0 Å². The summed E-state index contributed by atoms with van der Waals surface area (Å²) in [5.41, 5.74) is 1.88. The number of aliphatic imine (C=N–C) groups is 1. The zero-order valence-electron chi connectivity index (χ0n) is 14.3. The number of nitrogens with zero attached hydrogens (tertiary/aromatic N) is 2. The quantitative estimate of drug-likeness (QED) is 0.423. The number of hydrogen-bond donors (Lipinski definition) is 2. The fourth-order valence-corrected chi connectivity index (χ4v) is 2.96. The number of nitrogens with one attached hydrogen (secondary N) is 2. The predicted molar refractivity (Wildman–Crippen MR) is 112 cm³/mol. The second kappa shape index (κ2) is 9.60. The van der Waals surface area contributed by atoms with E-state index in [0.717, 1.165) is 19.5 Å². The van der Waals surface area contributed by atoms with Crippen LogP contribution < -0.4 is 15.5 Å². The van der Waals surface area contributed by atoms with Crippen LogP contribution in [-0.4, -0.2) is 32.1 Å². The molecule has 2 N–H and O–H groups in total. The first-order valence-corrected chi connectivity index (χ1v) is 8.27. The van der Waals surface area contributed by atoms with Crippen LogP contribution in [0.2, 0.25) is 0 Å². The summed E-state index contributed by atoms with van der Waals surface area (Å²) in [5, 5.41) is 6.62. The molecule has 0 aromatic heterocycles. The predicted octanol–water partition coefficient (Wildman–Crippen LogP) is 3.39. The van der Waals surface area contributed by atoms with E-state index in [4.69, 9.17) is 0 Å². The lowest BCUT2D eigenvalue weighted by atomic mass is 10.2. The largest absolute Gasteiger partial charge is 0.369 e. The van der Waals surface area contributed by atoms with Crippen LogP contribution in [0.25, 0.3) is 0 Å². The molecular weight excluding hydrogens is 430 g/mol. The van der Waals surface area contributed by atoms with E-state index in [0.29, 0.717) is 24.1 Å². The van der Waals surface area contributed by atoms with Crippen LogP contribution in [0.1, 0.15) is 12.0 Å². The Kier molecular flexibility index (Phi) is 7.49. The standard InChI is InChI=1S/C19H23FN4.HI/c1-21-19(22-13-15-7-5-6-10-18(15)20)23-16-11-12-24(14-16)17-8-3-2-4-9-17;/h2-10,16H,11-14H2,1H3,(H2,21,22,23);1H. The average molecular weight is 454 g/mol. The topological polar surface area (TPSA) is 39.7 Å². The highest BCUT2D eigenvalue weighted by molar-refractivity contribution is 14.0. The zero-order chi connectivity index (χ0) is 16.8. The van der Waals surface area contributed by atoms with Crippen molar-refractivity contribution in [2.24, 2.45) is 4.99 Å². The maximum atomic E-state index is 13.7. The zero-order valence-corrected chi connectivity index (χ0v) is 16.6. The lowest BCUT2D eigenvalue weighted by molar-refractivity contribution is 0.601. The number of halogens is 2. The van der Waals surface area contributed by atoms with E-state index in [9.17, 15) is 4.39 Å². The number of benzene rings is 2. The van der Waals surface area contributed by atoms with Gasteiger partial charge in [0.25, 0.3) is 0 Å². The molecule has 1 fully saturated rings. The smallest absolute Gasteiger partial charge is 0.191 e. The van der Waals surface area contributed by atoms with E-state index in [-0.39, 0.29) is 29.8 Å². The monoisotopic (exact) mass is 454 g/mol. The number of anilines is 1. The SMILES string of the molecule is CN=C(NCc1ccccc1F)NC1CCN(c2ccccc2)C1.I. The van der Waals surface area contributed by atoms with Crippen LogP contribution >= 0.6 is 24.0 Å². The molecule has 1 heterocycles. The Morgan fingerprint density at radius 1 is 1.16 bits per heavy atom. The third-order valence-corrected chi connectivity index (χ3v) is 4.28. The van der Waals surface area contributed by atoms with Gasteiger partial charge in [0.1, 0.15) is 5.82 Å². The molecule has 3 rings (SSSR count). The Morgan fingerprint density at radius 2 is 1.88 bits per heavy atom. The van der Waals surface area contributed by atoms with E-state index in [1.165, 1.54) is 11.8 Å². The van der Waals surface area contributed by atoms with Crippen LogP contribution in [0.4, 0.5) is 10.1 Å². The molecule has 2 aromatic carbocycles. The molecule has 134 valence electrons. The summed E-state index contributed by atoms with van der Waals surface area (Å²) in [6.07, 6.45) is 1.05. The van der Waals surface area contributed by atoms with Crippen molar-refractivity contribution in [1.82, 2.24) is 10.6 Å². The molecule has 1 unspecified atom stereocenters. The van der Waals surface area contributed by atoms with E-state index in [1.54, 1.807) is 19.2 Å². The molecule has 0 aliphatic carbocycles. The molecule has 0 bridgehead atoms. The molecule has 0 saturated carbocycles. The van der Waals surface area contributed by atoms with Gasteiger partial charge in [-0.3, -0.25) is 4.99 Å². The van der Waals surface area contributed by atoms with Crippen molar-refractivity contribution in [1.29, 1.82) is 0 Å². The molecule has 2 aromatic rings. The van der Waals surface area contributed by atoms with Crippen LogP contribution in [0.15, 0.2) is 59.6 Å². The Hall–Kier alpha value is -1.83. The van der Waals surface area contributed by atoms with Crippen LogP contribution in [-0.2, 0) is 6.54 Å². The van der Waals surface area contributed by atoms with Crippen molar-refractivity contribution >= 4 is 35.6 Å². The summed E-state index contributed by atoms with van der Waals surface area (Å²) in [5.74, 6) is 0.509. The summed E-state index contributed by atoms with van der Waals surface area (Å²) < 4.78 is 13.7. The molecule has 0 spiro atoms. The normalized spacial score (nSPS) is 17.1. The van der Waals surface area contributed by atoms with Gasteiger partial charge in [-0.25, -0.2) is 4.39 Å². The Balaban J connectivity index is 0.00000225. The Bertz CT molecular complexity index is 693. The van der Waals surface area contributed by atoms with E-state index in [1.807, 2.05) is 12.1 Å². The first kappa shape index (κ1) is 19.5. The van der Waals surface area contributed by atoms with Crippen molar-refractivity contribution in [3.05, 3.63) is 66.0 Å². The van der Waals surface area contributed by atoms with Crippen LogP contribution in [0.3, 0.4) is 0 Å². The minimum atomic E-state index is -0.198. The fourth-order valence-electron chi connectivity index (χ4n) is 2.96. The van der Waals surface area contributed by atoms with Gasteiger partial charge in [0.15, 0.2) is 5.96 Å². The van der Waals surface area contributed by atoms with Gasteiger partial charge in [0.2, 0.25) is 0 Å². The Labute approximate surface area is 165 Å². The molecule has 25 heavy (non-hydrogen) atoms. The molecule has 1 saturated heterocycles. The second-order valence-electron chi connectivity index (χ2n) is 5.93. The van der Waals surface area contributed by atoms with Gasteiger partial charge in [-0.2, -0.15) is 0 Å². The lowest BCUT2D eigenvalue weighted by Gasteiger charge is -2.20.